The molecule has 2 aromatic carbocycles. The van der Waals surface area contributed by atoms with E-state index in [2.05, 4.69) is 30.7 Å². The molecule has 0 bridgehead atoms. The highest BCUT2D eigenvalue weighted by molar-refractivity contribution is 5.93. The Kier molecular flexibility index (Phi) is 14.3. The first-order chi connectivity index (χ1) is 22.5. The molecule has 15 nitrogen and oxygen atoms in total. The molecule has 15 heteroatoms. The predicted molar refractivity (Wildman–Crippen MR) is 174 cm³/mol. The number of rotatable bonds is 15. The normalized spacial score (nSPS) is 14.0. The lowest BCUT2D eigenvalue weighted by atomic mass is 9.94. The molecule has 2 aromatic rings. The fourth-order valence-corrected chi connectivity index (χ4v) is 4.48. The third-order valence-electron chi connectivity index (χ3n) is 7.32. The number of carbonyl (C=O) groups excluding carboxylic acids is 6. The second-order valence-electron chi connectivity index (χ2n) is 11.7. The number of phenolic OH excluding ortho intramolecular Hbond substituents is 2. The molecule has 0 aliphatic rings. The van der Waals surface area contributed by atoms with Crippen molar-refractivity contribution < 1.29 is 48.5 Å². The van der Waals surface area contributed by atoms with Crippen molar-refractivity contribution in [2.24, 2.45) is 11.7 Å². The quantitative estimate of drug-likeness (QED) is 0.126. The van der Waals surface area contributed by atoms with Crippen molar-refractivity contribution in [3.8, 4) is 22.6 Å². The fourth-order valence-electron chi connectivity index (χ4n) is 4.48. The molecular weight excluding hydrogens is 626 g/mol. The number of amides is 4. The average molecular weight is 672 g/mol. The molecule has 0 aliphatic carbocycles. The highest BCUT2D eigenvalue weighted by Gasteiger charge is 2.28. The summed E-state index contributed by atoms with van der Waals surface area (Å²) < 4.78 is 9.32. The SMILES string of the molecule is COC(=O)C(C)NC(=O)C(Cc1ccc(O)c(-c2cc(CC(NC(=O)C(C)N)C(=O)NC(C)C(=O)OC)ccc2O)c1)NC(=O)C(C)C. The Hall–Kier alpha value is -5.18. The van der Waals surface area contributed by atoms with E-state index in [4.69, 9.17) is 5.73 Å². The van der Waals surface area contributed by atoms with Gasteiger partial charge in [-0.3, -0.25) is 19.2 Å². The molecule has 4 amide bonds. The zero-order valence-electron chi connectivity index (χ0n) is 28.1. The standard InChI is InChI=1S/C33H45N5O10/c1-16(2)28(41)37-24(30(43)35-18(4)32(45)47-6)14-20-8-10-26(39)22(12-20)23-13-21(9-11-27(23)40)15-25(38-29(42)17(3)34)31(44)36-19(5)33(46)48-7/h8-13,16-19,24-25,39-40H,14-15,34H2,1-7H3,(H,35,43)(H,36,44)(H,37,41)(H,38,42). The second-order valence-corrected chi connectivity index (χ2v) is 11.7. The Morgan fingerprint density at radius 2 is 1.00 bits per heavy atom. The number of benzene rings is 2. The first kappa shape index (κ1) is 39.0. The summed E-state index contributed by atoms with van der Waals surface area (Å²) in [5.41, 5.74) is 6.97. The van der Waals surface area contributed by atoms with Gasteiger partial charge < -0.3 is 46.7 Å². The van der Waals surface area contributed by atoms with Crippen molar-refractivity contribution in [2.45, 2.75) is 77.7 Å². The first-order valence-corrected chi connectivity index (χ1v) is 15.3. The molecule has 0 radical (unpaired) electrons. The number of nitrogens with one attached hydrogen (secondary N) is 4. The summed E-state index contributed by atoms with van der Waals surface area (Å²) in [6, 6.07) is 3.60. The van der Waals surface area contributed by atoms with Gasteiger partial charge in [0.2, 0.25) is 23.6 Å². The maximum atomic E-state index is 13.1. The highest BCUT2D eigenvalue weighted by atomic mass is 16.5. The topological polar surface area (TPSA) is 235 Å². The van der Waals surface area contributed by atoms with Gasteiger partial charge in [0.25, 0.3) is 0 Å². The van der Waals surface area contributed by atoms with Crippen LogP contribution in [0.1, 0.15) is 45.7 Å². The summed E-state index contributed by atoms with van der Waals surface area (Å²) in [4.78, 5) is 75.0. The summed E-state index contributed by atoms with van der Waals surface area (Å²) >= 11 is 0. The Bertz CT molecular complexity index is 1400. The van der Waals surface area contributed by atoms with E-state index in [1.165, 1.54) is 71.4 Å². The summed E-state index contributed by atoms with van der Waals surface area (Å²) in [6.45, 7) is 7.62. The van der Waals surface area contributed by atoms with E-state index in [9.17, 15) is 39.0 Å². The monoisotopic (exact) mass is 671 g/mol. The van der Waals surface area contributed by atoms with Crippen molar-refractivity contribution in [1.29, 1.82) is 0 Å². The Balaban J connectivity index is 2.46. The van der Waals surface area contributed by atoms with Gasteiger partial charge in [-0.25, -0.2) is 9.59 Å². The van der Waals surface area contributed by atoms with Crippen LogP contribution in [0.2, 0.25) is 0 Å². The van der Waals surface area contributed by atoms with Crippen LogP contribution in [0.5, 0.6) is 11.5 Å². The number of methoxy groups -OCH3 is 2. The van der Waals surface area contributed by atoms with E-state index in [1.807, 2.05) is 0 Å². The van der Waals surface area contributed by atoms with Crippen LogP contribution in [0, 0.1) is 5.92 Å². The molecule has 0 saturated carbocycles. The van der Waals surface area contributed by atoms with Gasteiger partial charge in [0, 0.05) is 29.9 Å². The van der Waals surface area contributed by atoms with Crippen molar-refractivity contribution in [2.75, 3.05) is 14.2 Å². The van der Waals surface area contributed by atoms with E-state index in [0.29, 0.717) is 11.1 Å². The fraction of sp³-hybridized carbons (Fsp3) is 0.455. The van der Waals surface area contributed by atoms with Crippen LogP contribution in [-0.2, 0) is 51.1 Å². The number of hydrogen-bond acceptors (Lipinski definition) is 11. The number of ether oxygens (including phenoxy) is 2. The molecule has 5 unspecified atom stereocenters. The first-order valence-electron chi connectivity index (χ1n) is 15.3. The lowest BCUT2D eigenvalue weighted by Crippen LogP contribution is -2.54. The molecule has 0 aromatic heterocycles. The van der Waals surface area contributed by atoms with E-state index in [0.717, 1.165) is 0 Å². The minimum Gasteiger partial charge on any atom is -0.507 e. The van der Waals surface area contributed by atoms with Crippen LogP contribution in [0.15, 0.2) is 36.4 Å². The van der Waals surface area contributed by atoms with Gasteiger partial charge in [-0.1, -0.05) is 26.0 Å². The van der Waals surface area contributed by atoms with Gasteiger partial charge in [-0.15, -0.1) is 0 Å². The van der Waals surface area contributed by atoms with Crippen LogP contribution >= 0.6 is 0 Å². The molecule has 0 fully saturated rings. The molecule has 8 N–H and O–H groups in total. The van der Waals surface area contributed by atoms with Gasteiger partial charge in [0.1, 0.15) is 35.7 Å². The number of aromatic hydroxyl groups is 2. The van der Waals surface area contributed by atoms with Crippen molar-refractivity contribution in [3.63, 3.8) is 0 Å². The summed E-state index contributed by atoms with van der Waals surface area (Å²) in [5, 5.41) is 31.9. The zero-order valence-corrected chi connectivity index (χ0v) is 28.1. The third-order valence-corrected chi connectivity index (χ3v) is 7.32. The summed E-state index contributed by atoms with van der Waals surface area (Å²) in [5.74, 6) is -4.59. The van der Waals surface area contributed by atoms with Gasteiger partial charge >= 0.3 is 11.9 Å². The van der Waals surface area contributed by atoms with Gasteiger partial charge in [0.05, 0.1) is 20.3 Å². The molecule has 5 atom stereocenters. The average Bonchev–Trinajstić information content (AvgIpc) is 3.04. The zero-order chi connectivity index (χ0) is 36.3. The summed E-state index contributed by atoms with van der Waals surface area (Å²) in [6.07, 6.45) is -0.135. The molecular formula is C33H45N5O10. The maximum Gasteiger partial charge on any atom is 0.328 e. The number of nitrogens with two attached hydrogens (primary N) is 1. The lowest BCUT2D eigenvalue weighted by Gasteiger charge is -2.22. The van der Waals surface area contributed by atoms with E-state index in [1.54, 1.807) is 13.8 Å². The second kappa shape index (κ2) is 17.7. The van der Waals surface area contributed by atoms with Crippen LogP contribution < -0.4 is 27.0 Å². The van der Waals surface area contributed by atoms with E-state index < -0.39 is 71.7 Å². The largest absolute Gasteiger partial charge is 0.507 e. The minimum atomic E-state index is -1.18. The number of esters is 2. The molecule has 0 spiro atoms. The van der Waals surface area contributed by atoms with Gasteiger partial charge in [-0.2, -0.15) is 0 Å². The minimum absolute atomic E-state index is 0.0458. The predicted octanol–water partition coefficient (Wildman–Crippen LogP) is 0.178. The highest BCUT2D eigenvalue weighted by Crippen LogP contribution is 2.37. The lowest BCUT2D eigenvalue weighted by molar-refractivity contribution is -0.145. The summed E-state index contributed by atoms with van der Waals surface area (Å²) in [7, 11) is 2.35. The Labute approximate surface area is 278 Å². The van der Waals surface area contributed by atoms with Crippen LogP contribution in [0.25, 0.3) is 11.1 Å². The van der Waals surface area contributed by atoms with Crippen molar-refractivity contribution >= 4 is 35.6 Å². The van der Waals surface area contributed by atoms with E-state index >= 15 is 0 Å². The van der Waals surface area contributed by atoms with E-state index in [-0.39, 0.29) is 35.5 Å². The van der Waals surface area contributed by atoms with Gasteiger partial charge in [0.15, 0.2) is 0 Å². The molecule has 262 valence electrons. The molecule has 0 aliphatic heterocycles. The molecule has 0 heterocycles. The molecule has 2 rings (SSSR count). The van der Waals surface area contributed by atoms with Crippen molar-refractivity contribution in [3.05, 3.63) is 47.5 Å². The number of hydrogen-bond donors (Lipinski definition) is 7. The Morgan fingerprint density at radius 3 is 1.33 bits per heavy atom. The molecule has 0 saturated heterocycles. The number of carbonyl (C=O) groups is 6. The van der Waals surface area contributed by atoms with Gasteiger partial charge in [-0.05, 0) is 56.2 Å². The van der Waals surface area contributed by atoms with Crippen LogP contribution in [0.3, 0.4) is 0 Å². The van der Waals surface area contributed by atoms with Crippen LogP contribution in [0.4, 0.5) is 0 Å². The molecule has 48 heavy (non-hydrogen) atoms. The maximum absolute atomic E-state index is 13.1. The smallest absolute Gasteiger partial charge is 0.328 e. The Morgan fingerprint density at radius 1 is 0.625 bits per heavy atom. The van der Waals surface area contributed by atoms with Crippen LogP contribution in [-0.4, -0.2) is 90.2 Å². The van der Waals surface area contributed by atoms with Crippen molar-refractivity contribution in [1.82, 2.24) is 21.3 Å². The number of phenols is 2. The third kappa shape index (κ3) is 11.0.